The van der Waals surface area contributed by atoms with Crippen molar-refractivity contribution in [3.8, 4) is 0 Å². The minimum Gasteiger partial charge on any atom is -0.445 e. The molecule has 9 atom stereocenters. The number of ether oxygens (including phenoxy) is 3. The molecule has 17 heteroatoms. The van der Waals surface area contributed by atoms with Gasteiger partial charge in [-0.15, -0.1) is 9.05 Å². The topological polar surface area (TPSA) is 175 Å². The van der Waals surface area contributed by atoms with Crippen molar-refractivity contribution in [1.29, 1.82) is 0 Å². The van der Waals surface area contributed by atoms with Crippen molar-refractivity contribution in [3.05, 3.63) is 71.8 Å². The highest BCUT2D eigenvalue weighted by molar-refractivity contribution is 7.62. The zero-order valence-electron chi connectivity index (χ0n) is 41.4. The van der Waals surface area contributed by atoms with E-state index in [0.717, 1.165) is 11.1 Å². The number of hydrogen-bond acceptors (Lipinski definition) is 11. The number of likely N-dealkylation sites (N-methyl/N-ethyl adjacent to an activating group) is 2. The van der Waals surface area contributed by atoms with Crippen molar-refractivity contribution in [1.82, 2.24) is 25.3 Å². The molecule has 2 aromatic carbocycles. The van der Waals surface area contributed by atoms with Crippen LogP contribution in [0.25, 0.3) is 0 Å². The lowest BCUT2D eigenvalue weighted by atomic mass is 9.89. The molecule has 2 N–H and O–H groups in total. The molecule has 66 heavy (non-hydrogen) atoms. The van der Waals surface area contributed by atoms with Crippen LogP contribution < -0.4 is 10.6 Å². The van der Waals surface area contributed by atoms with Gasteiger partial charge < -0.3 is 34.6 Å². The Morgan fingerprint density at radius 2 is 1.45 bits per heavy atom. The van der Waals surface area contributed by atoms with Crippen LogP contribution in [0.2, 0.25) is 0 Å². The molecule has 0 spiro atoms. The van der Waals surface area contributed by atoms with Crippen molar-refractivity contribution in [3.63, 3.8) is 0 Å². The summed E-state index contributed by atoms with van der Waals surface area (Å²) < 4.78 is 36.0. The Labute approximate surface area is 393 Å². The number of benzene rings is 2. The third kappa shape index (κ3) is 13.3. The number of carbonyl (C=O) groups is 5. The molecular weight excluding hydrogens is 866 g/mol. The van der Waals surface area contributed by atoms with Gasteiger partial charge in [0.25, 0.3) is 6.29 Å². The Kier molecular flexibility index (Phi) is 20.8. The summed E-state index contributed by atoms with van der Waals surface area (Å²) in [5.41, 5.74) is 1.60. The SMILES string of the molecule is CCO[P+]1(C(NC(=O)[C@@H](C)[C@@H](OC)[C@@H]2CCCN2C(=O)C[C@@H](OC)[C@H](C(C)CC)N(C)C(=O)[C@@H](NC(=O)[C@H](C(C)C)N(C)C(=O)OCc2ccccc2)C(C)C)c2ccccc2)OC(C)O1. The summed E-state index contributed by atoms with van der Waals surface area (Å²) in [6.07, 6.45) is -0.509. The molecule has 0 radical (unpaired) electrons. The molecule has 2 heterocycles. The monoisotopic (exact) mass is 943 g/mol. The largest absolute Gasteiger partial charge is 0.446 e. The number of nitrogens with one attached hydrogen (secondary N) is 2. The normalized spacial score (nSPS) is 22.0. The molecule has 2 unspecified atom stereocenters. The predicted molar refractivity (Wildman–Crippen MR) is 253 cm³/mol. The molecule has 5 amide bonds. The van der Waals surface area contributed by atoms with E-state index >= 15 is 0 Å². The van der Waals surface area contributed by atoms with E-state index in [2.05, 4.69) is 10.6 Å². The Morgan fingerprint density at radius 1 is 0.833 bits per heavy atom. The second kappa shape index (κ2) is 25.3. The number of amides is 5. The lowest BCUT2D eigenvalue weighted by molar-refractivity contribution is -0.148. The molecule has 2 aromatic rings. The molecule has 0 saturated carbocycles. The van der Waals surface area contributed by atoms with E-state index in [9.17, 15) is 24.0 Å². The minimum absolute atomic E-state index is 0.0368. The Morgan fingerprint density at radius 3 is 1.98 bits per heavy atom. The van der Waals surface area contributed by atoms with E-state index in [0.29, 0.717) is 32.4 Å². The third-order valence-corrected chi connectivity index (χ3v) is 15.8. The second-order valence-electron chi connectivity index (χ2n) is 18.2. The first-order valence-electron chi connectivity index (χ1n) is 23.5. The third-order valence-electron chi connectivity index (χ3n) is 12.9. The summed E-state index contributed by atoms with van der Waals surface area (Å²) in [6.45, 7) is 17.7. The van der Waals surface area contributed by atoms with Gasteiger partial charge in [0.2, 0.25) is 29.4 Å². The zero-order chi connectivity index (χ0) is 48.9. The molecule has 0 bridgehead atoms. The first kappa shape index (κ1) is 54.4. The van der Waals surface area contributed by atoms with Crippen molar-refractivity contribution in [2.75, 3.05) is 41.5 Å². The first-order valence-corrected chi connectivity index (χ1v) is 25.1. The summed E-state index contributed by atoms with van der Waals surface area (Å²) >= 11 is 0. The van der Waals surface area contributed by atoms with Gasteiger partial charge in [-0.05, 0) is 50.0 Å². The average Bonchev–Trinajstić information content (AvgIpc) is 3.78. The fourth-order valence-electron chi connectivity index (χ4n) is 9.24. The van der Waals surface area contributed by atoms with E-state index in [1.807, 2.05) is 109 Å². The highest BCUT2D eigenvalue weighted by Crippen LogP contribution is 2.78. The van der Waals surface area contributed by atoms with Crippen LogP contribution in [0.15, 0.2) is 60.7 Å². The number of nitrogens with zero attached hydrogens (tertiary/aromatic N) is 3. The fourth-order valence-corrected chi connectivity index (χ4v) is 11.8. The zero-order valence-corrected chi connectivity index (χ0v) is 42.3. The van der Waals surface area contributed by atoms with Gasteiger partial charge in [-0.3, -0.25) is 24.1 Å². The lowest BCUT2D eigenvalue weighted by Gasteiger charge is -2.41. The number of rotatable bonds is 24. The minimum atomic E-state index is -2.96. The Hall–Kier alpha value is -4.18. The molecule has 2 aliphatic heterocycles. The van der Waals surface area contributed by atoms with Crippen LogP contribution in [0.3, 0.4) is 0 Å². The average molecular weight is 943 g/mol. The molecule has 2 fully saturated rings. The van der Waals surface area contributed by atoms with Crippen molar-refractivity contribution in [2.45, 2.75) is 143 Å². The van der Waals surface area contributed by atoms with Crippen LogP contribution in [0.1, 0.15) is 105 Å². The van der Waals surface area contributed by atoms with Gasteiger partial charge in [0, 0.05) is 40.4 Å². The number of likely N-dealkylation sites (tertiary alicyclic amines) is 1. The molecular formula is C49H77N5O11P+. The van der Waals surface area contributed by atoms with E-state index in [4.69, 9.17) is 27.8 Å². The van der Waals surface area contributed by atoms with E-state index in [1.54, 1.807) is 37.8 Å². The van der Waals surface area contributed by atoms with Crippen LogP contribution in [0.4, 0.5) is 4.79 Å². The lowest BCUT2D eigenvalue weighted by Crippen LogP contribution is -2.60. The molecule has 0 aromatic heterocycles. The van der Waals surface area contributed by atoms with E-state index < -0.39 is 74.3 Å². The predicted octanol–water partition coefficient (Wildman–Crippen LogP) is 7.35. The van der Waals surface area contributed by atoms with Gasteiger partial charge in [-0.2, -0.15) is 4.52 Å². The molecule has 16 nitrogen and oxygen atoms in total. The van der Waals surface area contributed by atoms with Gasteiger partial charge in [0.05, 0.1) is 43.2 Å². The van der Waals surface area contributed by atoms with Crippen molar-refractivity contribution < 1.29 is 51.8 Å². The first-order chi connectivity index (χ1) is 31.4. The van der Waals surface area contributed by atoms with Crippen LogP contribution in [-0.4, -0.2) is 129 Å². The van der Waals surface area contributed by atoms with Crippen LogP contribution >= 0.6 is 7.94 Å². The summed E-state index contributed by atoms with van der Waals surface area (Å²) in [6, 6.07) is 15.9. The second-order valence-corrected chi connectivity index (χ2v) is 20.5. The fraction of sp³-hybridized carbons (Fsp3) is 0.653. The maximum Gasteiger partial charge on any atom is 0.446 e. The molecule has 0 aliphatic carbocycles. The van der Waals surface area contributed by atoms with Crippen molar-refractivity contribution in [2.24, 2.45) is 23.7 Å². The van der Waals surface area contributed by atoms with E-state index in [-0.39, 0.29) is 48.5 Å². The van der Waals surface area contributed by atoms with E-state index in [1.165, 1.54) is 19.1 Å². The van der Waals surface area contributed by atoms with Gasteiger partial charge >= 0.3 is 14.0 Å². The number of carbonyl (C=O) groups excluding carboxylic acids is 5. The molecule has 2 aliphatic rings. The van der Waals surface area contributed by atoms with Crippen LogP contribution in [0, 0.1) is 23.7 Å². The molecule has 4 rings (SSSR count). The smallest absolute Gasteiger partial charge is 0.445 e. The Bertz CT molecular complexity index is 1860. The van der Waals surface area contributed by atoms with Crippen LogP contribution in [0.5, 0.6) is 0 Å². The Balaban J connectivity index is 1.49. The summed E-state index contributed by atoms with van der Waals surface area (Å²) in [4.78, 5) is 75.2. The quantitative estimate of drug-likeness (QED) is 0.101. The molecule has 368 valence electrons. The van der Waals surface area contributed by atoms with Gasteiger partial charge in [0.1, 0.15) is 18.7 Å². The van der Waals surface area contributed by atoms with Crippen LogP contribution in [-0.2, 0) is 53.6 Å². The highest BCUT2D eigenvalue weighted by Gasteiger charge is 2.66. The van der Waals surface area contributed by atoms with Gasteiger partial charge in [-0.1, -0.05) is 116 Å². The van der Waals surface area contributed by atoms with Gasteiger partial charge in [0.15, 0.2) is 0 Å². The van der Waals surface area contributed by atoms with Gasteiger partial charge in [-0.25, -0.2) is 4.79 Å². The summed E-state index contributed by atoms with van der Waals surface area (Å²) in [5.74, 6) is -3.41. The number of hydrogen-bond donors (Lipinski definition) is 2. The summed E-state index contributed by atoms with van der Waals surface area (Å²) in [5, 5.41) is 6.14. The molecule has 2 saturated heterocycles. The number of methoxy groups -OCH3 is 2. The maximum absolute atomic E-state index is 14.6. The summed E-state index contributed by atoms with van der Waals surface area (Å²) in [7, 11) is 3.33. The van der Waals surface area contributed by atoms with Crippen molar-refractivity contribution >= 4 is 37.7 Å². The highest BCUT2D eigenvalue weighted by atomic mass is 31.2. The standard InChI is InChI=1S/C49H76N5O11P/c1-14-33(7)43(52(10)48(58)41(31(3)4)50-46(57)42(32(5)6)53(11)49(59)62-30-36-23-18-16-19-24-36)39(60-12)29-40(55)54-28-22-27-38(54)44(61-13)34(8)45(56)51-47(37-25-20-17-21-26-37)66(63-15-2)64-35(9)65-66/h16-21,23-26,31-35,38-39,41-44,47H,14-15,22,27-30H2,1-13H3,(H-,50,51,56,57)/p+1/t33?,34-,35?,38-,39+,41-,42-,43-,44+,47?,66?/m0/s1. The maximum atomic E-state index is 14.6.